The van der Waals surface area contributed by atoms with E-state index in [9.17, 15) is 4.79 Å². The van der Waals surface area contributed by atoms with Crippen LogP contribution >= 0.6 is 23.2 Å². The molecule has 0 unspecified atom stereocenters. The summed E-state index contributed by atoms with van der Waals surface area (Å²) in [5.74, 6) is 0.137. The van der Waals surface area contributed by atoms with Crippen molar-refractivity contribution in [1.29, 1.82) is 0 Å². The molecule has 2 aromatic heterocycles. The first-order valence-electron chi connectivity index (χ1n) is 7.68. The molecule has 2 aromatic carbocycles. The Morgan fingerprint density at radius 2 is 1.85 bits per heavy atom. The van der Waals surface area contributed by atoms with Gasteiger partial charge in [0.25, 0.3) is 5.91 Å². The lowest BCUT2D eigenvalue weighted by molar-refractivity contribution is 0.102. The van der Waals surface area contributed by atoms with Crippen LogP contribution in [0.4, 0.5) is 5.69 Å². The molecule has 5 nitrogen and oxygen atoms in total. The van der Waals surface area contributed by atoms with E-state index in [1.54, 1.807) is 48.8 Å². The minimum Gasteiger partial charge on any atom is -0.436 e. The summed E-state index contributed by atoms with van der Waals surface area (Å²) in [6.45, 7) is 0. The second-order valence-corrected chi connectivity index (χ2v) is 6.28. The van der Waals surface area contributed by atoms with E-state index < -0.39 is 0 Å². The van der Waals surface area contributed by atoms with Gasteiger partial charge in [-0.25, -0.2) is 4.98 Å². The molecule has 1 N–H and O–H groups in total. The fourth-order valence-electron chi connectivity index (χ4n) is 2.50. The van der Waals surface area contributed by atoms with Gasteiger partial charge in [0.15, 0.2) is 5.58 Å². The number of aromatic nitrogens is 2. The van der Waals surface area contributed by atoms with E-state index in [1.165, 1.54) is 0 Å². The predicted molar refractivity (Wildman–Crippen MR) is 102 cm³/mol. The molecule has 7 heteroatoms. The molecule has 0 bridgehead atoms. The average Bonchev–Trinajstić information content (AvgIpc) is 3.08. The summed E-state index contributed by atoms with van der Waals surface area (Å²) in [6, 6.07) is 13.8. The highest BCUT2D eigenvalue weighted by Gasteiger charge is 2.14. The minimum absolute atomic E-state index is 0.217. The Bertz CT molecular complexity index is 1110. The fraction of sp³-hybridized carbons (Fsp3) is 0. The number of pyridine rings is 1. The van der Waals surface area contributed by atoms with E-state index in [-0.39, 0.29) is 10.9 Å². The quantitative estimate of drug-likeness (QED) is 0.510. The summed E-state index contributed by atoms with van der Waals surface area (Å²) in [7, 11) is 0. The van der Waals surface area contributed by atoms with E-state index in [0.29, 0.717) is 33.3 Å². The third-order valence-corrected chi connectivity index (χ3v) is 4.59. The molecule has 0 spiro atoms. The van der Waals surface area contributed by atoms with Crippen LogP contribution in [-0.2, 0) is 0 Å². The maximum Gasteiger partial charge on any atom is 0.257 e. The van der Waals surface area contributed by atoms with E-state index in [4.69, 9.17) is 27.6 Å². The first-order chi connectivity index (χ1) is 12.6. The standard InChI is InChI=1S/C19H11Cl2N3O2/c20-14-3-1-2-13(17(14)21)18(25)23-12-4-5-16-15(10-12)24-19(26-16)11-6-8-22-9-7-11/h1-10H,(H,23,25). The van der Waals surface area contributed by atoms with Crippen LogP contribution in [0.25, 0.3) is 22.6 Å². The van der Waals surface area contributed by atoms with E-state index >= 15 is 0 Å². The second kappa shape index (κ2) is 6.78. The summed E-state index contributed by atoms with van der Waals surface area (Å²) >= 11 is 12.1. The zero-order chi connectivity index (χ0) is 18.1. The molecule has 4 rings (SSSR count). The third-order valence-electron chi connectivity index (χ3n) is 3.77. The summed E-state index contributed by atoms with van der Waals surface area (Å²) in [5.41, 5.74) is 2.96. The number of carbonyl (C=O) groups is 1. The van der Waals surface area contributed by atoms with Crippen molar-refractivity contribution in [1.82, 2.24) is 9.97 Å². The number of halogens is 2. The van der Waals surface area contributed by atoms with Crippen molar-refractivity contribution in [2.24, 2.45) is 0 Å². The minimum atomic E-state index is -0.352. The molecule has 4 aromatic rings. The molecule has 0 atom stereocenters. The molecule has 0 aliphatic rings. The van der Waals surface area contributed by atoms with E-state index in [1.807, 2.05) is 12.1 Å². The monoisotopic (exact) mass is 383 g/mol. The van der Waals surface area contributed by atoms with Crippen LogP contribution in [-0.4, -0.2) is 15.9 Å². The highest BCUT2D eigenvalue weighted by Crippen LogP contribution is 2.28. The Morgan fingerprint density at radius 3 is 2.65 bits per heavy atom. The zero-order valence-corrected chi connectivity index (χ0v) is 14.8. The highest BCUT2D eigenvalue weighted by molar-refractivity contribution is 6.44. The number of fused-ring (bicyclic) bond motifs is 1. The van der Waals surface area contributed by atoms with Crippen LogP contribution in [0.2, 0.25) is 10.0 Å². The van der Waals surface area contributed by atoms with Gasteiger partial charge >= 0.3 is 0 Å². The van der Waals surface area contributed by atoms with Crippen molar-refractivity contribution in [3.05, 3.63) is 76.5 Å². The molecule has 0 aliphatic carbocycles. The molecule has 1 amide bonds. The van der Waals surface area contributed by atoms with Gasteiger partial charge in [-0.3, -0.25) is 9.78 Å². The van der Waals surface area contributed by atoms with Gasteiger partial charge in [-0.15, -0.1) is 0 Å². The number of anilines is 1. The van der Waals surface area contributed by atoms with Gasteiger partial charge in [-0.1, -0.05) is 29.3 Å². The topological polar surface area (TPSA) is 68.0 Å². The molecule has 2 heterocycles. The Balaban J connectivity index is 1.63. The van der Waals surface area contributed by atoms with Crippen molar-refractivity contribution < 1.29 is 9.21 Å². The van der Waals surface area contributed by atoms with Crippen LogP contribution in [0.1, 0.15) is 10.4 Å². The molecule has 0 fully saturated rings. The Hall–Kier alpha value is -2.89. The maximum absolute atomic E-state index is 12.4. The van der Waals surface area contributed by atoms with Crippen molar-refractivity contribution in [3.63, 3.8) is 0 Å². The summed E-state index contributed by atoms with van der Waals surface area (Å²) < 4.78 is 5.74. The number of nitrogens with zero attached hydrogens (tertiary/aromatic N) is 2. The average molecular weight is 384 g/mol. The number of nitrogens with one attached hydrogen (secondary N) is 1. The smallest absolute Gasteiger partial charge is 0.257 e. The van der Waals surface area contributed by atoms with Gasteiger partial charge in [0.1, 0.15) is 5.52 Å². The molecule has 0 aliphatic heterocycles. The highest BCUT2D eigenvalue weighted by atomic mass is 35.5. The summed E-state index contributed by atoms with van der Waals surface area (Å²) in [5, 5.41) is 3.34. The number of hydrogen-bond acceptors (Lipinski definition) is 4. The molecular weight excluding hydrogens is 373 g/mol. The molecule has 0 radical (unpaired) electrons. The largest absolute Gasteiger partial charge is 0.436 e. The van der Waals surface area contributed by atoms with Gasteiger partial charge in [-0.2, -0.15) is 0 Å². The van der Waals surface area contributed by atoms with Crippen LogP contribution in [0.5, 0.6) is 0 Å². The van der Waals surface area contributed by atoms with Gasteiger partial charge in [-0.05, 0) is 42.5 Å². The van der Waals surface area contributed by atoms with E-state index in [2.05, 4.69) is 15.3 Å². The van der Waals surface area contributed by atoms with Crippen molar-refractivity contribution in [2.75, 3.05) is 5.32 Å². The Kier molecular flexibility index (Phi) is 4.32. The lowest BCUT2D eigenvalue weighted by atomic mass is 10.2. The number of carbonyl (C=O) groups excluding carboxylic acids is 1. The molecular formula is C19H11Cl2N3O2. The predicted octanol–water partition coefficient (Wildman–Crippen LogP) is 5.45. The normalized spacial score (nSPS) is 10.8. The van der Waals surface area contributed by atoms with Crippen LogP contribution in [0, 0.1) is 0 Å². The van der Waals surface area contributed by atoms with Crippen LogP contribution in [0.15, 0.2) is 65.3 Å². The maximum atomic E-state index is 12.4. The van der Waals surface area contributed by atoms with Gasteiger partial charge in [0, 0.05) is 23.6 Å². The Morgan fingerprint density at radius 1 is 1.04 bits per heavy atom. The first kappa shape index (κ1) is 16.6. The lowest BCUT2D eigenvalue weighted by Gasteiger charge is -2.07. The summed E-state index contributed by atoms with van der Waals surface area (Å²) in [6.07, 6.45) is 3.34. The number of hydrogen-bond donors (Lipinski definition) is 1. The Labute approximate surface area is 158 Å². The molecule has 0 saturated carbocycles. The van der Waals surface area contributed by atoms with Crippen molar-refractivity contribution in [3.8, 4) is 11.5 Å². The number of benzene rings is 2. The SMILES string of the molecule is O=C(Nc1ccc2oc(-c3ccncc3)nc2c1)c1cccc(Cl)c1Cl. The summed E-state index contributed by atoms with van der Waals surface area (Å²) in [4.78, 5) is 20.9. The van der Waals surface area contributed by atoms with Crippen LogP contribution in [0.3, 0.4) is 0 Å². The van der Waals surface area contributed by atoms with Crippen molar-refractivity contribution in [2.45, 2.75) is 0 Å². The third kappa shape index (κ3) is 3.14. The number of rotatable bonds is 3. The first-order valence-corrected chi connectivity index (χ1v) is 8.44. The number of oxazole rings is 1. The fourth-order valence-corrected chi connectivity index (χ4v) is 2.89. The number of amides is 1. The zero-order valence-electron chi connectivity index (χ0n) is 13.2. The molecule has 0 saturated heterocycles. The van der Waals surface area contributed by atoms with Gasteiger partial charge in [0.05, 0.1) is 15.6 Å². The van der Waals surface area contributed by atoms with E-state index in [0.717, 1.165) is 5.56 Å². The van der Waals surface area contributed by atoms with Crippen molar-refractivity contribution >= 4 is 45.9 Å². The van der Waals surface area contributed by atoms with Gasteiger partial charge < -0.3 is 9.73 Å². The molecule has 26 heavy (non-hydrogen) atoms. The lowest BCUT2D eigenvalue weighted by Crippen LogP contribution is -2.12. The van der Waals surface area contributed by atoms with Crippen LogP contribution < -0.4 is 5.32 Å². The van der Waals surface area contributed by atoms with Gasteiger partial charge in [0.2, 0.25) is 5.89 Å². The second-order valence-electron chi connectivity index (χ2n) is 5.49. The molecule has 128 valence electrons.